The van der Waals surface area contributed by atoms with Crippen molar-refractivity contribution in [3.8, 4) is 0 Å². The Balaban J connectivity index is 2.10. The Morgan fingerprint density at radius 2 is 2.10 bits per heavy atom. The highest BCUT2D eigenvalue weighted by atomic mass is 16.5. The summed E-state index contributed by atoms with van der Waals surface area (Å²) >= 11 is 0. The van der Waals surface area contributed by atoms with Crippen LogP contribution in [0.4, 0.5) is 5.69 Å². The van der Waals surface area contributed by atoms with Crippen molar-refractivity contribution in [3.63, 3.8) is 0 Å². The number of esters is 1. The monoisotopic (exact) mass is 288 g/mol. The molecule has 0 fully saturated rings. The number of rotatable bonds is 5. The Kier molecular flexibility index (Phi) is 4.65. The molecule has 0 aliphatic carbocycles. The summed E-state index contributed by atoms with van der Waals surface area (Å²) in [6.07, 6.45) is 3.51. The van der Waals surface area contributed by atoms with Crippen LogP contribution in [0.15, 0.2) is 36.7 Å². The van der Waals surface area contributed by atoms with E-state index in [-0.39, 0.29) is 12.3 Å². The van der Waals surface area contributed by atoms with E-state index in [0.29, 0.717) is 17.8 Å². The quantitative estimate of drug-likeness (QED) is 0.770. The number of amides is 1. The van der Waals surface area contributed by atoms with Crippen LogP contribution in [0.2, 0.25) is 0 Å². The Bertz CT molecular complexity index is 625. The fraction of sp³-hybridized carbons (Fsp3) is 0.286. The van der Waals surface area contributed by atoms with E-state index < -0.39 is 5.97 Å². The SMILES string of the molecule is COC(=O)c1ccccc1N(C)C(=O)CCn1ccnn1. The van der Waals surface area contributed by atoms with Gasteiger partial charge in [0.2, 0.25) is 5.91 Å². The summed E-state index contributed by atoms with van der Waals surface area (Å²) in [4.78, 5) is 25.4. The van der Waals surface area contributed by atoms with Crippen molar-refractivity contribution < 1.29 is 14.3 Å². The number of aromatic nitrogens is 3. The highest BCUT2D eigenvalue weighted by Crippen LogP contribution is 2.20. The number of hydrogen-bond acceptors (Lipinski definition) is 5. The second kappa shape index (κ2) is 6.65. The van der Waals surface area contributed by atoms with Gasteiger partial charge in [-0.2, -0.15) is 0 Å². The largest absolute Gasteiger partial charge is 0.465 e. The molecule has 2 rings (SSSR count). The fourth-order valence-corrected chi connectivity index (χ4v) is 1.91. The van der Waals surface area contributed by atoms with Crippen LogP contribution >= 0.6 is 0 Å². The summed E-state index contributed by atoms with van der Waals surface area (Å²) in [6.45, 7) is 0.434. The van der Waals surface area contributed by atoms with Crippen LogP contribution in [-0.2, 0) is 16.1 Å². The van der Waals surface area contributed by atoms with Crippen molar-refractivity contribution in [2.45, 2.75) is 13.0 Å². The third-order valence-corrected chi connectivity index (χ3v) is 3.07. The van der Waals surface area contributed by atoms with Gasteiger partial charge in [-0.25, -0.2) is 4.79 Å². The molecule has 21 heavy (non-hydrogen) atoms. The number of nitrogens with zero attached hydrogens (tertiary/aromatic N) is 4. The number of carbonyl (C=O) groups excluding carboxylic acids is 2. The predicted octanol–water partition coefficient (Wildman–Crippen LogP) is 1.12. The lowest BCUT2D eigenvalue weighted by Crippen LogP contribution is -2.29. The first-order chi connectivity index (χ1) is 10.1. The zero-order valence-corrected chi connectivity index (χ0v) is 11.9. The molecule has 0 bridgehead atoms. The Labute approximate surface area is 122 Å². The van der Waals surface area contributed by atoms with E-state index >= 15 is 0 Å². The number of anilines is 1. The molecule has 0 radical (unpaired) electrons. The fourth-order valence-electron chi connectivity index (χ4n) is 1.91. The van der Waals surface area contributed by atoms with Gasteiger partial charge in [-0.05, 0) is 12.1 Å². The van der Waals surface area contributed by atoms with E-state index in [9.17, 15) is 9.59 Å². The molecule has 2 aromatic rings. The Hall–Kier alpha value is -2.70. The molecular weight excluding hydrogens is 272 g/mol. The van der Waals surface area contributed by atoms with Crippen LogP contribution in [0.3, 0.4) is 0 Å². The minimum Gasteiger partial charge on any atom is -0.465 e. The van der Waals surface area contributed by atoms with Gasteiger partial charge in [0, 0.05) is 19.7 Å². The maximum absolute atomic E-state index is 12.2. The van der Waals surface area contributed by atoms with Gasteiger partial charge in [-0.15, -0.1) is 5.10 Å². The molecule has 1 aromatic heterocycles. The lowest BCUT2D eigenvalue weighted by molar-refractivity contribution is -0.118. The van der Waals surface area contributed by atoms with Crippen LogP contribution in [-0.4, -0.2) is 41.0 Å². The number of carbonyl (C=O) groups is 2. The minimum atomic E-state index is -0.471. The first-order valence-electron chi connectivity index (χ1n) is 6.41. The zero-order valence-electron chi connectivity index (χ0n) is 11.9. The predicted molar refractivity (Wildman–Crippen MR) is 75.8 cm³/mol. The van der Waals surface area contributed by atoms with Crippen LogP contribution in [0.1, 0.15) is 16.8 Å². The normalized spacial score (nSPS) is 10.2. The molecule has 0 spiro atoms. The van der Waals surface area contributed by atoms with Gasteiger partial charge in [0.05, 0.1) is 31.1 Å². The van der Waals surface area contributed by atoms with E-state index in [1.54, 1.807) is 48.4 Å². The molecule has 0 saturated carbocycles. The molecule has 0 aliphatic heterocycles. The van der Waals surface area contributed by atoms with Gasteiger partial charge in [-0.1, -0.05) is 17.3 Å². The summed E-state index contributed by atoms with van der Waals surface area (Å²) in [5, 5.41) is 7.48. The summed E-state index contributed by atoms with van der Waals surface area (Å²) in [5.74, 6) is -0.594. The summed E-state index contributed by atoms with van der Waals surface area (Å²) < 4.78 is 6.31. The molecule has 0 atom stereocenters. The van der Waals surface area contributed by atoms with Crippen molar-refractivity contribution in [2.75, 3.05) is 19.1 Å². The molecule has 7 heteroatoms. The molecule has 0 aliphatic rings. The molecule has 110 valence electrons. The highest BCUT2D eigenvalue weighted by Gasteiger charge is 2.18. The number of ether oxygens (including phenoxy) is 1. The van der Waals surface area contributed by atoms with E-state index in [4.69, 9.17) is 4.74 Å². The highest BCUT2D eigenvalue weighted by molar-refractivity contribution is 6.02. The van der Waals surface area contributed by atoms with Crippen molar-refractivity contribution in [3.05, 3.63) is 42.2 Å². The molecule has 0 saturated heterocycles. The van der Waals surface area contributed by atoms with Crippen LogP contribution in [0.5, 0.6) is 0 Å². The molecule has 0 N–H and O–H groups in total. The van der Waals surface area contributed by atoms with Crippen LogP contribution in [0.25, 0.3) is 0 Å². The average molecular weight is 288 g/mol. The first kappa shape index (κ1) is 14.7. The molecular formula is C14H16N4O3. The van der Waals surface area contributed by atoms with Crippen molar-refractivity contribution in [2.24, 2.45) is 0 Å². The maximum Gasteiger partial charge on any atom is 0.339 e. The number of para-hydroxylation sites is 1. The van der Waals surface area contributed by atoms with Crippen molar-refractivity contribution in [1.82, 2.24) is 15.0 Å². The van der Waals surface area contributed by atoms with Crippen molar-refractivity contribution >= 4 is 17.6 Å². The zero-order chi connectivity index (χ0) is 15.2. The second-order valence-corrected chi connectivity index (χ2v) is 4.38. The summed E-state index contributed by atoms with van der Waals surface area (Å²) in [5.41, 5.74) is 0.879. The van der Waals surface area contributed by atoms with Crippen LogP contribution in [0, 0.1) is 0 Å². The van der Waals surface area contributed by atoms with E-state index in [1.165, 1.54) is 12.0 Å². The molecule has 1 heterocycles. The van der Waals surface area contributed by atoms with Gasteiger partial charge in [-0.3, -0.25) is 9.48 Å². The third-order valence-electron chi connectivity index (χ3n) is 3.07. The van der Waals surface area contributed by atoms with E-state index in [2.05, 4.69) is 10.3 Å². The van der Waals surface area contributed by atoms with Gasteiger partial charge >= 0.3 is 5.97 Å². The number of hydrogen-bond donors (Lipinski definition) is 0. The summed E-state index contributed by atoms with van der Waals surface area (Å²) in [7, 11) is 2.94. The lowest BCUT2D eigenvalue weighted by Gasteiger charge is -2.19. The first-order valence-corrected chi connectivity index (χ1v) is 6.41. The smallest absolute Gasteiger partial charge is 0.339 e. The minimum absolute atomic E-state index is 0.123. The van der Waals surface area contributed by atoms with E-state index in [0.717, 1.165) is 0 Å². The topological polar surface area (TPSA) is 77.3 Å². The molecule has 1 aromatic carbocycles. The van der Waals surface area contributed by atoms with Gasteiger partial charge in [0.1, 0.15) is 0 Å². The van der Waals surface area contributed by atoms with Gasteiger partial charge in [0.25, 0.3) is 0 Å². The Morgan fingerprint density at radius 3 is 2.76 bits per heavy atom. The van der Waals surface area contributed by atoms with Gasteiger partial charge < -0.3 is 9.64 Å². The number of aryl methyl sites for hydroxylation is 1. The molecule has 7 nitrogen and oxygen atoms in total. The Morgan fingerprint density at radius 1 is 1.33 bits per heavy atom. The number of benzene rings is 1. The standard InChI is InChI=1S/C14H16N4O3/c1-17(13(19)7-9-18-10-8-15-16-18)12-6-4-3-5-11(12)14(20)21-2/h3-6,8,10H,7,9H2,1-2H3. The van der Waals surface area contributed by atoms with Crippen molar-refractivity contribution in [1.29, 1.82) is 0 Å². The second-order valence-electron chi connectivity index (χ2n) is 4.38. The molecule has 0 unspecified atom stereocenters. The summed E-state index contributed by atoms with van der Waals surface area (Å²) in [6, 6.07) is 6.83. The molecule has 1 amide bonds. The van der Waals surface area contributed by atoms with Gasteiger partial charge in [0.15, 0.2) is 0 Å². The number of methoxy groups -OCH3 is 1. The third kappa shape index (κ3) is 3.44. The van der Waals surface area contributed by atoms with Crippen LogP contribution < -0.4 is 4.90 Å². The average Bonchev–Trinajstić information content (AvgIpc) is 3.04. The lowest BCUT2D eigenvalue weighted by atomic mass is 10.1. The maximum atomic E-state index is 12.2. The van der Waals surface area contributed by atoms with E-state index in [1.807, 2.05) is 0 Å².